The smallest absolute Gasteiger partial charge is 0.409 e. The van der Waals surface area contributed by atoms with E-state index in [-0.39, 0.29) is 12.1 Å². The Morgan fingerprint density at radius 3 is 3.11 bits per heavy atom. The molecule has 1 fully saturated rings. The Bertz CT molecular complexity index is 380. The van der Waals surface area contributed by atoms with Crippen LogP contribution in [0.3, 0.4) is 0 Å². The molecular formula is C13H20N2O2S. The predicted molar refractivity (Wildman–Crippen MR) is 72.7 cm³/mol. The standard InChI is InChI=1S/C13H20N2O2S/c1-2-17-13(16)15-7-11(6-12(14)8-15)5-10-3-4-18-9-10/h3-4,9,11-12H,2,5-8,14H2,1H3. The van der Waals surface area contributed by atoms with Crippen LogP contribution in [0.1, 0.15) is 18.9 Å². The zero-order valence-corrected chi connectivity index (χ0v) is 11.5. The number of carbonyl (C=O) groups excluding carboxylic acids is 1. The second-order valence-corrected chi connectivity index (χ2v) is 5.58. The molecule has 18 heavy (non-hydrogen) atoms. The number of ether oxygens (including phenoxy) is 1. The van der Waals surface area contributed by atoms with Crippen LogP contribution < -0.4 is 5.73 Å². The minimum atomic E-state index is -0.233. The molecule has 100 valence electrons. The summed E-state index contributed by atoms with van der Waals surface area (Å²) < 4.78 is 5.05. The number of nitrogens with zero attached hydrogens (tertiary/aromatic N) is 1. The molecule has 2 rings (SSSR count). The van der Waals surface area contributed by atoms with Crippen LogP contribution in [0.4, 0.5) is 4.79 Å². The molecule has 0 aromatic carbocycles. The predicted octanol–water partition coefficient (Wildman–Crippen LogP) is 2.10. The van der Waals surface area contributed by atoms with E-state index in [1.165, 1.54) is 5.56 Å². The van der Waals surface area contributed by atoms with Crippen molar-refractivity contribution in [3.63, 3.8) is 0 Å². The quantitative estimate of drug-likeness (QED) is 0.913. The lowest BCUT2D eigenvalue weighted by Gasteiger charge is -2.35. The Kier molecular flexibility index (Phi) is 4.60. The highest BCUT2D eigenvalue weighted by Crippen LogP contribution is 2.22. The average molecular weight is 268 g/mol. The van der Waals surface area contributed by atoms with Crippen molar-refractivity contribution in [1.82, 2.24) is 4.90 Å². The molecule has 2 N–H and O–H groups in total. The maximum atomic E-state index is 11.7. The third kappa shape index (κ3) is 3.46. The summed E-state index contributed by atoms with van der Waals surface area (Å²) in [7, 11) is 0. The molecule has 2 atom stereocenters. The fourth-order valence-corrected chi connectivity index (χ4v) is 3.18. The Balaban J connectivity index is 1.93. The lowest BCUT2D eigenvalue weighted by atomic mass is 9.90. The van der Waals surface area contributed by atoms with E-state index in [0.29, 0.717) is 19.1 Å². The Hall–Kier alpha value is -1.07. The zero-order valence-electron chi connectivity index (χ0n) is 10.7. The molecular weight excluding hydrogens is 248 g/mol. The van der Waals surface area contributed by atoms with Gasteiger partial charge in [0.25, 0.3) is 0 Å². The van der Waals surface area contributed by atoms with Crippen LogP contribution in [-0.2, 0) is 11.2 Å². The average Bonchev–Trinajstić information content (AvgIpc) is 2.81. The van der Waals surface area contributed by atoms with Crippen LogP contribution in [0.5, 0.6) is 0 Å². The van der Waals surface area contributed by atoms with Crippen LogP contribution in [-0.4, -0.2) is 36.7 Å². The van der Waals surface area contributed by atoms with E-state index in [1.807, 2.05) is 6.92 Å². The summed E-state index contributed by atoms with van der Waals surface area (Å²) in [5.41, 5.74) is 7.37. The topological polar surface area (TPSA) is 55.6 Å². The summed E-state index contributed by atoms with van der Waals surface area (Å²) in [4.78, 5) is 13.5. The number of rotatable bonds is 3. The molecule has 1 aliphatic rings. The van der Waals surface area contributed by atoms with Crippen LogP contribution in [0, 0.1) is 5.92 Å². The van der Waals surface area contributed by atoms with Crippen molar-refractivity contribution < 1.29 is 9.53 Å². The summed E-state index contributed by atoms with van der Waals surface area (Å²) in [5, 5.41) is 4.25. The minimum absolute atomic E-state index is 0.0618. The number of hydrogen-bond acceptors (Lipinski definition) is 4. The van der Waals surface area contributed by atoms with E-state index < -0.39 is 0 Å². The van der Waals surface area contributed by atoms with Gasteiger partial charge in [0.2, 0.25) is 0 Å². The van der Waals surface area contributed by atoms with E-state index in [0.717, 1.165) is 19.4 Å². The van der Waals surface area contributed by atoms with Crippen LogP contribution in [0.2, 0.25) is 0 Å². The third-order valence-electron chi connectivity index (χ3n) is 3.20. The molecule has 1 aromatic heterocycles. The van der Waals surface area contributed by atoms with Crippen molar-refractivity contribution in [2.45, 2.75) is 25.8 Å². The normalized spacial score (nSPS) is 24.0. The van der Waals surface area contributed by atoms with E-state index >= 15 is 0 Å². The molecule has 2 heterocycles. The molecule has 1 aromatic rings. The monoisotopic (exact) mass is 268 g/mol. The van der Waals surface area contributed by atoms with Crippen LogP contribution >= 0.6 is 11.3 Å². The molecule has 1 aliphatic heterocycles. The zero-order chi connectivity index (χ0) is 13.0. The van der Waals surface area contributed by atoms with Gasteiger partial charge in [-0.25, -0.2) is 4.79 Å². The highest BCUT2D eigenvalue weighted by Gasteiger charge is 2.28. The Morgan fingerprint density at radius 2 is 2.44 bits per heavy atom. The second kappa shape index (κ2) is 6.20. The molecule has 1 amide bonds. The van der Waals surface area contributed by atoms with Crippen LogP contribution in [0.25, 0.3) is 0 Å². The molecule has 1 saturated heterocycles. The molecule has 4 nitrogen and oxygen atoms in total. The van der Waals surface area contributed by atoms with Gasteiger partial charge in [-0.15, -0.1) is 0 Å². The van der Waals surface area contributed by atoms with Crippen molar-refractivity contribution in [3.8, 4) is 0 Å². The third-order valence-corrected chi connectivity index (χ3v) is 3.93. The van der Waals surface area contributed by atoms with E-state index in [9.17, 15) is 4.79 Å². The van der Waals surface area contributed by atoms with Gasteiger partial charge in [-0.3, -0.25) is 0 Å². The maximum absolute atomic E-state index is 11.7. The van der Waals surface area contributed by atoms with Crippen molar-refractivity contribution >= 4 is 17.4 Å². The highest BCUT2D eigenvalue weighted by atomic mass is 32.1. The number of nitrogens with two attached hydrogens (primary N) is 1. The van der Waals surface area contributed by atoms with Gasteiger partial charge in [-0.1, -0.05) is 0 Å². The first-order valence-corrected chi connectivity index (χ1v) is 7.31. The number of hydrogen-bond donors (Lipinski definition) is 1. The molecule has 0 bridgehead atoms. The van der Waals surface area contributed by atoms with Crippen LogP contribution in [0.15, 0.2) is 16.8 Å². The summed E-state index contributed by atoms with van der Waals surface area (Å²) in [6, 6.07) is 2.20. The number of carbonyl (C=O) groups is 1. The van der Waals surface area contributed by atoms with Crippen molar-refractivity contribution in [2.75, 3.05) is 19.7 Å². The van der Waals surface area contributed by atoms with E-state index in [1.54, 1.807) is 16.2 Å². The van der Waals surface area contributed by atoms with E-state index in [2.05, 4.69) is 16.8 Å². The summed E-state index contributed by atoms with van der Waals surface area (Å²) in [6.07, 6.45) is 1.74. The molecule has 5 heteroatoms. The maximum Gasteiger partial charge on any atom is 0.409 e. The summed E-state index contributed by atoms with van der Waals surface area (Å²) >= 11 is 1.71. The summed E-state index contributed by atoms with van der Waals surface area (Å²) in [5.74, 6) is 0.438. The number of piperidine rings is 1. The lowest BCUT2D eigenvalue weighted by Crippen LogP contribution is -2.50. The van der Waals surface area contributed by atoms with Crippen molar-refractivity contribution in [1.29, 1.82) is 0 Å². The molecule has 0 radical (unpaired) electrons. The van der Waals surface area contributed by atoms with Gasteiger partial charge >= 0.3 is 6.09 Å². The van der Waals surface area contributed by atoms with Gasteiger partial charge in [0.15, 0.2) is 0 Å². The Morgan fingerprint density at radius 1 is 1.61 bits per heavy atom. The molecule has 0 spiro atoms. The second-order valence-electron chi connectivity index (χ2n) is 4.80. The largest absolute Gasteiger partial charge is 0.450 e. The Labute approximate surface area is 112 Å². The number of amides is 1. The first-order valence-electron chi connectivity index (χ1n) is 6.37. The van der Waals surface area contributed by atoms with Crippen molar-refractivity contribution in [3.05, 3.63) is 22.4 Å². The first kappa shape index (κ1) is 13.4. The summed E-state index contributed by atoms with van der Waals surface area (Å²) in [6.45, 7) is 3.60. The van der Waals surface area contributed by atoms with Crippen molar-refractivity contribution in [2.24, 2.45) is 11.7 Å². The SMILES string of the molecule is CCOC(=O)N1CC(N)CC(Cc2ccsc2)C1. The first-order chi connectivity index (χ1) is 8.69. The highest BCUT2D eigenvalue weighted by molar-refractivity contribution is 7.07. The van der Waals surface area contributed by atoms with Gasteiger partial charge in [-0.2, -0.15) is 11.3 Å². The number of thiophene rings is 1. The van der Waals surface area contributed by atoms with Gasteiger partial charge in [0, 0.05) is 19.1 Å². The lowest BCUT2D eigenvalue weighted by molar-refractivity contribution is 0.0833. The van der Waals surface area contributed by atoms with E-state index in [4.69, 9.17) is 10.5 Å². The molecule has 0 aliphatic carbocycles. The van der Waals surface area contributed by atoms with Gasteiger partial charge in [0.05, 0.1) is 6.61 Å². The molecule has 0 saturated carbocycles. The van der Waals surface area contributed by atoms with Gasteiger partial charge in [0.1, 0.15) is 0 Å². The fraction of sp³-hybridized carbons (Fsp3) is 0.615. The van der Waals surface area contributed by atoms with Gasteiger partial charge in [-0.05, 0) is 48.1 Å². The molecule has 2 unspecified atom stereocenters. The number of likely N-dealkylation sites (tertiary alicyclic amines) is 1. The fourth-order valence-electron chi connectivity index (χ4n) is 2.50. The minimum Gasteiger partial charge on any atom is -0.450 e. The van der Waals surface area contributed by atoms with Gasteiger partial charge < -0.3 is 15.4 Å².